The lowest BCUT2D eigenvalue weighted by Gasteiger charge is -2.37. The molecule has 0 radical (unpaired) electrons. The molecule has 5 heteroatoms. The van der Waals surface area contributed by atoms with Crippen molar-refractivity contribution in [3.05, 3.63) is 29.8 Å². The van der Waals surface area contributed by atoms with E-state index in [1.54, 1.807) is 12.1 Å². The Hall–Kier alpha value is -0.460. The molecule has 1 nitrogen and oxygen atoms in total. The fraction of sp³-hybridized carbons (Fsp3) is 0.684. The number of halogens is 4. The molecule has 2 aliphatic rings. The molecule has 0 heterocycles. The second-order valence-corrected chi connectivity index (χ2v) is 9.00. The zero-order valence-corrected chi connectivity index (χ0v) is 15.9. The minimum absolute atomic E-state index is 0.129. The number of alkyl halides is 4. The molecule has 0 bridgehead atoms. The smallest absolute Gasteiger partial charge is 0.406 e. The molecule has 2 saturated carbocycles. The molecule has 0 aromatic heterocycles. The molecule has 2 fully saturated rings. The minimum Gasteiger partial charge on any atom is -0.406 e. The van der Waals surface area contributed by atoms with Gasteiger partial charge in [0.15, 0.2) is 0 Å². The summed E-state index contributed by atoms with van der Waals surface area (Å²) in [6.07, 6.45) is 5.74. The van der Waals surface area contributed by atoms with Crippen LogP contribution in [0.25, 0.3) is 0 Å². The Kier molecular flexibility index (Phi) is 5.98. The first-order chi connectivity index (χ1) is 11.4. The summed E-state index contributed by atoms with van der Waals surface area (Å²) in [4.78, 5) is 0. The zero-order valence-electron chi connectivity index (χ0n) is 13.7. The molecule has 0 spiro atoms. The van der Waals surface area contributed by atoms with Crippen molar-refractivity contribution in [3.63, 3.8) is 0 Å². The van der Waals surface area contributed by atoms with Gasteiger partial charge in [-0.25, -0.2) is 0 Å². The summed E-state index contributed by atoms with van der Waals surface area (Å²) in [6.45, 7) is 0. The van der Waals surface area contributed by atoms with Crippen LogP contribution in [-0.2, 0) is 0 Å². The van der Waals surface area contributed by atoms with Crippen molar-refractivity contribution < 1.29 is 17.9 Å². The highest BCUT2D eigenvalue weighted by atomic mass is 127. The Morgan fingerprint density at radius 1 is 0.792 bits per heavy atom. The van der Waals surface area contributed by atoms with E-state index in [4.69, 9.17) is 0 Å². The number of hydrogen-bond donors (Lipinski definition) is 0. The molecule has 0 saturated heterocycles. The predicted molar refractivity (Wildman–Crippen MR) is 97.6 cm³/mol. The first kappa shape index (κ1) is 18.3. The van der Waals surface area contributed by atoms with Gasteiger partial charge in [-0.1, -0.05) is 34.7 Å². The van der Waals surface area contributed by atoms with Gasteiger partial charge in [-0.3, -0.25) is 0 Å². The molecule has 0 aliphatic heterocycles. The standard InChI is InChI=1S/C19H24F3IO/c20-19(21,22)24-18-11-7-16(8-12-18)14-3-1-13(2-4-14)15-5-9-17(23)10-6-15/h7-8,11-15,17H,1-6,9-10H2. The van der Waals surface area contributed by atoms with E-state index in [-0.39, 0.29) is 5.75 Å². The fourth-order valence-electron chi connectivity index (χ4n) is 4.42. The minimum atomic E-state index is -4.61. The van der Waals surface area contributed by atoms with Gasteiger partial charge in [0.05, 0.1) is 0 Å². The maximum Gasteiger partial charge on any atom is 0.573 e. The Morgan fingerprint density at radius 3 is 1.79 bits per heavy atom. The first-order valence-electron chi connectivity index (χ1n) is 8.90. The Balaban J connectivity index is 1.51. The second kappa shape index (κ2) is 7.83. The summed E-state index contributed by atoms with van der Waals surface area (Å²) in [5.41, 5.74) is 1.15. The van der Waals surface area contributed by atoms with Gasteiger partial charge in [-0.05, 0) is 86.8 Å². The number of rotatable bonds is 3. The largest absolute Gasteiger partial charge is 0.573 e. The van der Waals surface area contributed by atoms with Crippen molar-refractivity contribution in [2.24, 2.45) is 11.8 Å². The van der Waals surface area contributed by atoms with E-state index >= 15 is 0 Å². The monoisotopic (exact) mass is 452 g/mol. The lowest BCUT2D eigenvalue weighted by Crippen LogP contribution is -2.25. The van der Waals surface area contributed by atoms with Gasteiger partial charge in [-0.15, -0.1) is 13.2 Å². The summed E-state index contributed by atoms with van der Waals surface area (Å²) in [5, 5.41) is 0. The third-order valence-electron chi connectivity index (χ3n) is 5.72. The normalized spacial score (nSPS) is 31.7. The van der Waals surface area contributed by atoms with Gasteiger partial charge in [0.25, 0.3) is 0 Å². The fourth-order valence-corrected chi connectivity index (χ4v) is 5.13. The molecule has 1 aromatic rings. The third kappa shape index (κ3) is 5.02. The van der Waals surface area contributed by atoms with E-state index in [1.807, 2.05) is 0 Å². The maximum atomic E-state index is 12.2. The van der Waals surface area contributed by atoms with E-state index in [2.05, 4.69) is 27.3 Å². The van der Waals surface area contributed by atoms with Crippen LogP contribution in [0.5, 0.6) is 5.75 Å². The quantitative estimate of drug-likeness (QED) is 0.360. The average Bonchev–Trinajstić information content (AvgIpc) is 2.55. The van der Waals surface area contributed by atoms with Gasteiger partial charge in [0, 0.05) is 3.92 Å². The van der Waals surface area contributed by atoms with Crippen molar-refractivity contribution in [3.8, 4) is 5.75 Å². The Morgan fingerprint density at radius 2 is 1.29 bits per heavy atom. The van der Waals surface area contributed by atoms with E-state index in [1.165, 1.54) is 50.7 Å². The second-order valence-electron chi connectivity index (χ2n) is 7.24. The first-order valence-corrected chi connectivity index (χ1v) is 10.1. The summed E-state index contributed by atoms with van der Waals surface area (Å²) >= 11 is 2.58. The lowest BCUT2D eigenvalue weighted by atomic mass is 9.70. The van der Waals surface area contributed by atoms with Crippen LogP contribution in [0.3, 0.4) is 0 Å². The van der Waals surface area contributed by atoms with Crippen molar-refractivity contribution in [2.45, 2.75) is 67.6 Å². The zero-order chi connectivity index (χ0) is 17.2. The van der Waals surface area contributed by atoms with Crippen molar-refractivity contribution in [2.75, 3.05) is 0 Å². The van der Waals surface area contributed by atoms with Crippen molar-refractivity contribution >= 4 is 22.6 Å². The number of ether oxygens (including phenoxy) is 1. The molecule has 2 aliphatic carbocycles. The van der Waals surface area contributed by atoms with Crippen LogP contribution in [0, 0.1) is 11.8 Å². The highest BCUT2D eigenvalue weighted by Crippen LogP contribution is 2.44. The van der Waals surface area contributed by atoms with Crippen LogP contribution in [0.1, 0.15) is 62.8 Å². The maximum absolute atomic E-state index is 12.2. The SMILES string of the molecule is FC(F)(F)Oc1ccc(C2CCC(C3CCC(I)CC3)CC2)cc1. The highest BCUT2D eigenvalue weighted by molar-refractivity contribution is 14.1. The van der Waals surface area contributed by atoms with Gasteiger partial charge in [0.2, 0.25) is 0 Å². The van der Waals surface area contributed by atoms with Gasteiger partial charge in [-0.2, -0.15) is 0 Å². The topological polar surface area (TPSA) is 9.23 Å². The van der Waals surface area contributed by atoms with Gasteiger partial charge in [0.1, 0.15) is 5.75 Å². The van der Waals surface area contributed by atoms with Crippen LogP contribution in [-0.4, -0.2) is 10.3 Å². The van der Waals surface area contributed by atoms with Crippen LogP contribution < -0.4 is 4.74 Å². The van der Waals surface area contributed by atoms with Crippen molar-refractivity contribution in [1.29, 1.82) is 0 Å². The summed E-state index contributed by atoms with van der Waals surface area (Å²) in [7, 11) is 0. The van der Waals surface area contributed by atoms with E-state index in [9.17, 15) is 13.2 Å². The molecule has 0 N–H and O–H groups in total. The summed E-state index contributed by atoms with van der Waals surface area (Å²) in [6, 6.07) is 6.48. The van der Waals surface area contributed by atoms with E-state index in [0.717, 1.165) is 34.2 Å². The van der Waals surface area contributed by atoms with E-state index in [0.29, 0.717) is 5.92 Å². The summed E-state index contributed by atoms with van der Waals surface area (Å²) in [5.74, 6) is 2.12. The van der Waals surface area contributed by atoms with Crippen LogP contribution in [0.2, 0.25) is 0 Å². The molecule has 0 amide bonds. The van der Waals surface area contributed by atoms with Crippen molar-refractivity contribution in [1.82, 2.24) is 0 Å². The van der Waals surface area contributed by atoms with Gasteiger partial charge < -0.3 is 4.74 Å². The van der Waals surface area contributed by atoms with Crippen LogP contribution in [0.4, 0.5) is 13.2 Å². The third-order valence-corrected chi connectivity index (χ3v) is 6.97. The summed E-state index contributed by atoms with van der Waals surface area (Å²) < 4.78 is 41.5. The van der Waals surface area contributed by atoms with Gasteiger partial charge >= 0.3 is 6.36 Å². The molecular weight excluding hydrogens is 428 g/mol. The molecule has 0 atom stereocenters. The number of hydrogen-bond acceptors (Lipinski definition) is 1. The molecule has 0 unspecified atom stereocenters. The predicted octanol–water partition coefficient (Wildman–Crippen LogP) is 6.85. The lowest BCUT2D eigenvalue weighted by molar-refractivity contribution is -0.274. The van der Waals surface area contributed by atoms with Crippen LogP contribution in [0.15, 0.2) is 24.3 Å². The molecular formula is C19H24F3IO. The molecule has 3 rings (SSSR count). The average molecular weight is 452 g/mol. The van der Waals surface area contributed by atoms with E-state index < -0.39 is 6.36 Å². The highest BCUT2D eigenvalue weighted by Gasteiger charge is 2.32. The Labute approximate surface area is 155 Å². The molecule has 1 aromatic carbocycles. The number of benzene rings is 1. The molecule has 134 valence electrons. The Bertz CT molecular complexity index is 512. The van der Waals surface area contributed by atoms with Crippen LogP contribution >= 0.6 is 22.6 Å². The molecule has 24 heavy (non-hydrogen) atoms.